The van der Waals surface area contributed by atoms with Crippen LogP contribution in [0.15, 0.2) is 48.8 Å². The van der Waals surface area contributed by atoms with Gasteiger partial charge in [0.1, 0.15) is 0 Å². The summed E-state index contributed by atoms with van der Waals surface area (Å²) >= 11 is 0. The number of hydrogen-bond acceptors (Lipinski definition) is 2. The Bertz CT molecular complexity index is 537. The van der Waals surface area contributed by atoms with Crippen molar-refractivity contribution in [3.8, 4) is 5.69 Å². The molecule has 0 unspecified atom stereocenters. The van der Waals surface area contributed by atoms with Gasteiger partial charge in [-0.05, 0) is 30.3 Å². The lowest BCUT2D eigenvalue weighted by atomic mass is 10.2. The number of nitrogens with one attached hydrogen (secondary N) is 1. The van der Waals surface area contributed by atoms with Crippen LogP contribution in [-0.4, -0.2) is 40.8 Å². The first-order valence-electron chi connectivity index (χ1n) is 6.07. The molecule has 0 spiro atoms. The molecule has 0 radical (unpaired) electrons. The molecule has 19 heavy (non-hydrogen) atoms. The molecule has 0 atom stereocenters. The summed E-state index contributed by atoms with van der Waals surface area (Å²) in [6.07, 6.45) is 3.89. The van der Waals surface area contributed by atoms with E-state index in [0.717, 1.165) is 11.4 Å². The quantitative estimate of drug-likeness (QED) is 0.881. The van der Waals surface area contributed by atoms with Gasteiger partial charge in [-0.15, -0.1) is 0 Å². The fourth-order valence-corrected chi connectivity index (χ4v) is 1.72. The molecule has 0 saturated heterocycles. The summed E-state index contributed by atoms with van der Waals surface area (Å²) in [6, 6.07) is 11.2. The summed E-state index contributed by atoms with van der Waals surface area (Å²) < 4.78 is 1.97. The first-order chi connectivity index (χ1) is 9.20. The lowest BCUT2D eigenvalue weighted by Gasteiger charge is -2.17. The predicted octanol–water partition coefficient (Wildman–Crippen LogP) is 1.93. The topological polar surface area (TPSA) is 57.5 Å². The molecule has 5 heteroatoms. The summed E-state index contributed by atoms with van der Waals surface area (Å²) in [4.78, 5) is 13.2. The number of benzene rings is 1. The molecular formula is C14H17N3O2. The van der Waals surface area contributed by atoms with Crippen LogP contribution in [0.4, 0.5) is 10.5 Å². The number of aliphatic hydroxyl groups excluding tert-OH is 1. The summed E-state index contributed by atoms with van der Waals surface area (Å²) in [5.74, 6) is 0. The van der Waals surface area contributed by atoms with E-state index >= 15 is 0 Å². The van der Waals surface area contributed by atoms with Gasteiger partial charge >= 0.3 is 6.03 Å². The Labute approximate surface area is 112 Å². The van der Waals surface area contributed by atoms with Gasteiger partial charge in [-0.1, -0.05) is 6.07 Å². The van der Waals surface area contributed by atoms with E-state index in [0.29, 0.717) is 6.54 Å². The van der Waals surface area contributed by atoms with Crippen molar-refractivity contribution >= 4 is 11.7 Å². The molecule has 2 aromatic rings. The number of carbonyl (C=O) groups excluding carboxylic acids is 1. The second-order valence-electron chi connectivity index (χ2n) is 4.22. The van der Waals surface area contributed by atoms with Crippen molar-refractivity contribution in [1.82, 2.24) is 9.47 Å². The van der Waals surface area contributed by atoms with Gasteiger partial charge in [-0.3, -0.25) is 0 Å². The molecule has 0 fully saturated rings. The highest BCUT2D eigenvalue weighted by atomic mass is 16.3. The van der Waals surface area contributed by atoms with Crippen LogP contribution in [0.25, 0.3) is 5.69 Å². The number of hydrogen-bond donors (Lipinski definition) is 2. The molecule has 2 rings (SSSR count). The zero-order chi connectivity index (χ0) is 13.7. The van der Waals surface area contributed by atoms with Crippen molar-refractivity contribution in [3.63, 3.8) is 0 Å². The van der Waals surface area contributed by atoms with E-state index in [2.05, 4.69) is 5.32 Å². The van der Waals surface area contributed by atoms with Crippen LogP contribution in [0.5, 0.6) is 0 Å². The Balaban J connectivity index is 2.09. The number of carbonyl (C=O) groups is 1. The molecule has 2 N–H and O–H groups in total. The number of nitrogens with zero attached hydrogens (tertiary/aromatic N) is 2. The minimum atomic E-state index is -0.237. The fourth-order valence-electron chi connectivity index (χ4n) is 1.72. The van der Waals surface area contributed by atoms with E-state index in [9.17, 15) is 4.79 Å². The molecule has 0 aliphatic heterocycles. The normalized spacial score (nSPS) is 10.2. The number of anilines is 1. The number of urea groups is 1. The molecule has 100 valence electrons. The van der Waals surface area contributed by atoms with Crippen LogP contribution >= 0.6 is 0 Å². The molecule has 0 bridgehead atoms. The Morgan fingerprint density at radius 2 is 2.05 bits per heavy atom. The van der Waals surface area contributed by atoms with Crippen LogP contribution in [0.3, 0.4) is 0 Å². The molecule has 1 aromatic heterocycles. The third-order valence-corrected chi connectivity index (χ3v) is 2.78. The fraction of sp³-hybridized carbons (Fsp3) is 0.214. The average molecular weight is 259 g/mol. The Morgan fingerprint density at radius 3 is 2.74 bits per heavy atom. The van der Waals surface area contributed by atoms with Gasteiger partial charge in [0.2, 0.25) is 0 Å². The molecule has 1 aromatic carbocycles. The second-order valence-corrected chi connectivity index (χ2v) is 4.22. The van der Waals surface area contributed by atoms with Crippen molar-refractivity contribution in [2.24, 2.45) is 0 Å². The molecular weight excluding hydrogens is 242 g/mol. The summed E-state index contributed by atoms with van der Waals surface area (Å²) in [6.45, 7) is 0.260. The molecule has 0 aliphatic carbocycles. The van der Waals surface area contributed by atoms with Gasteiger partial charge in [0.25, 0.3) is 0 Å². The van der Waals surface area contributed by atoms with Gasteiger partial charge < -0.3 is 19.9 Å². The molecule has 0 aliphatic rings. The number of aliphatic hydroxyl groups is 1. The third-order valence-electron chi connectivity index (χ3n) is 2.78. The summed E-state index contributed by atoms with van der Waals surface area (Å²) in [5.41, 5.74) is 1.70. The van der Waals surface area contributed by atoms with Crippen LogP contribution in [0.1, 0.15) is 0 Å². The predicted molar refractivity (Wildman–Crippen MR) is 74.5 cm³/mol. The van der Waals surface area contributed by atoms with Crippen molar-refractivity contribution in [3.05, 3.63) is 48.8 Å². The van der Waals surface area contributed by atoms with E-state index in [1.54, 1.807) is 7.05 Å². The van der Waals surface area contributed by atoms with Crippen molar-refractivity contribution in [1.29, 1.82) is 0 Å². The van der Waals surface area contributed by atoms with Gasteiger partial charge in [0.05, 0.1) is 6.61 Å². The number of amides is 2. The van der Waals surface area contributed by atoms with E-state index in [-0.39, 0.29) is 12.6 Å². The van der Waals surface area contributed by atoms with E-state index in [1.807, 2.05) is 53.4 Å². The van der Waals surface area contributed by atoms with Gasteiger partial charge in [0, 0.05) is 37.4 Å². The van der Waals surface area contributed by atoms with Crippen LogP contribution in [0, 0.1) is 0 Å². The smallest absolute Gasteiger partial charge is 0.321 e. The highest BCUT2D eigenvalue weighted by Gasteiger charge is 2.08. The van der Waals surface area contributed by atoms with Crippen molar-refractivity contribution in [2.45, 2.75) is 0 Å². The Hall–Kier alpha value is -2.27. The van der Waals surface area contributed by atoms with Crippen molar-refractivity contribution < 1.29 is 9.90 Å². The standard InChI is InChI=1S/C14H17N3O2/c1-16(9-10-18)14(19)15-12-5-4-6-13(11-12)17-7-2-3-8-17/h2-8,11,18H,9-10H2,1H3,(H,15,19). The molecule has 2 amide bonds. The minimum Gasteiger partial charge on any atom is -0.395 e. The van der Waals surface area contributed by atoms with Crippen molar-refractivity contribution in [2.75, 3.05) is 25.5 Å². The average Bonchev–Trinajstić information content (AvgIpc) is 2.93. The van der Waals surface area contributed by atoms with E-state index in [4.69, 9.17) is 5.11 Å². The number of rotatable bonds is 4. The third kappa shape index (κ3) is 3.35. The molecule has 0 saturated carbocycles. The van der Waals surface area contributed by atoms with Gasteiger partial charge in [-0.25, -0.2) is 4.79 Å². The molecule has 5 nitrogen and oxygen atoms in total. The minimum absolute atomic E-state index is 0.0483. The zero-order valence-corrected chi connectivity index (χ0v) is 10.8. The highest BCUT2D eigenvalue weighted by molar-refractivity contribution is 5.89. The van der Waals surface area contributed by atoms with Crippen LogP contribution < -0.4 is 5.32 Å². The first-order valence-corrected chi connectivity index (χ1v) is 6.07. The van der Waals surface area contributed by atoms with Gasteiger partial charge in [0.15, 0.2) is 0 Å². The summed E-state index contributed by atoms with van der Waals surface area (Å²) in [5, 5.41) is 11.6. The summed E-state index contributed by atoms with van der Waals surface area (Å²) in [7, 11) is 1.64. The van der Waals surface area contributed by atoms with E-state index < -0.39 is 0 Å². The monoisotopic (exact) mass is 259 g/mol. The lowest BCUT2D eigenvalue weighted by molar-refractivity contribution is 0.202. The Kier molecular flexibility index (Phi) is 4.20. The zero-order valence-electron chi connectivity index (χ0n) is 10.8. The second kappa shape index (κ2) is 6.06. The highest BCUT2D eigenvalue weighted by Crippen LogP contribution is 2.15. The van der Waals surface area contributed by atoms with Gasteiger partial charge in [-0.2, -0.15) is 0 Å². The Morgan fingerprint density at radius 1 is 1.32 bits per heavy atom. The lowest BCUT2D eigenvalue weighted by Crippen LogP contribution is -2.33. The maximum Gasteiger partial charge on any atom is 0.321 e. The van der Waals surface area contributed by atoms with Crippen LogP contribution in [-0.2, 0) is 0 Å². The van der Waals surface area contributed by atoms with E-state index in [1.165, 1.54) is 4.90 Å². The SMILES string of the molecule is CN(CCO)C(=O)Nc1cccc(-n2cccc2)c1. The number of likely N-dealkylation sites (N-methyl/N-ethyl adjacent to an activating group) is 1. The molecule has 1 heterocycles. The maximum absolute atomic E-state index is 11.8. The largest absolute Gasteiger partial charge is 0.395 e. The maximum atomic E-state index is 11.8. The first kappa shape index (κ1) is 13.2. The van der Waals surface area contributed by atoms with Crippen LogP contribution in [0.2, 0.25) is 0 Å². The number of aromatic nitrogens is 1.